The number of halogens is 1. The number of pyridine rings is 1. The lowest BCUT2D eigenvalue weighted by atomic mass is 10.1. The van der Waals surface area contributed by atoms with Crippen LogP contribution in [0.1, 0.15) is 13.8 Å². The zero-order valence-electron chi connectivity index (χ0n) is 10.9. The maximum absolute atomic E-state index is 6.03. The number of anilines is 1. The molecule has 0 spiro atoms. The van der Waals surface area contributed by atoms with Crippen LogP contribution in [0.2, 0.25) is 0 Å². The number of rotatable bonds is 2. The number of benzene rings is 1. The molecule has 0 aliphatic carbocycles. The highest BCUT2D eigenvalue weighted by Gasteiger charge is 2.16. The molecule has 19 heavy (non-hydrogen) atoms. The molecule has 2 N–H and O–H groups in total. The molecule has 0 atom stereocenters. The Morgan fingerprint density at radius 3 is 2.74 bits per heavy atom. The Balaban J connectivity index is 2.45. The van der Waals surface area contributed by atoms with Crippen molar-refractivity contribution in [3.05, 3.63) is 29.0 Å². The summed E-state index contributed by atoms with van der Waals surface area (Å²) < 4.78 is 2.97. The molecule has 0 aliphatic rings. The molecule has 0 saturated heterocycles. The van der Waals surface area contributed by atoms with Crippen LogP contribution in [0, 0.1) is 5.92 Å². The summed E-state index contributed by atoms with van der Waals surface area (Å²) in [5.41, 5.74) is 8.76. The van der Waals surface area contributed by atoms with Crippen molar-refractivity contribution in [1.29, 1.82) is 0 Å². The maximum atomic E-state index is 6.03. The molecular weight excluding hydrogens is 304 g/mol. The monoisotopic (exact) mass is 318 g/mol. The normalized spacial score (nSPS) is 11.8. The van der Waals surface area contributed by atoms with Gasteiger partial charge in [0.2, 0.25) is 0 Å². The Bertz CT molecular complexity index is 761. The molecule has 0 radical (unpaired) electrons. The van der Waals surface area contributed by atoms with Crippen molar-refractivity contribution in [1.82, 2.24) is 14.5 Å². The number of fused-ring (bicyclic) bond motifs is 3. The van der Waals surface area contributed by atoms with E-state index in [4.69, 9.17) is 5.73 Å². The molecular formula is C14H15BrN4. The lowest BCUT2D eigenvalue weighted by Gasteiger charge is -2.10. The van der Waals surface area contributed by atoms with Crippen LogP contribution in [0.3, 0.4) is 0 Å². The highest BCUT2D eigenvalue weighted by atomic mass is 79.9. The second-order valence-electron chi connectivity index (χ2n) is 5.10. The molecule has 0 bridgehead atoms. The predicted molar refractivity (Wildman–Crippen MR) is 82.0 cm³/mol. The third-order valence-electron chi connectivity index (χ3n) is 3.11. The van der Waals surface area contributed by atoms with E-state index in [-0.39, 0.29) is 0 Å². The largest absolute Gasteiger partial charge is 0.382 e. The second kappa shape index (κ2) is 4.49. The van der Waals surface area contributed by atoms with Gasteiger partial charge in [0.25, 0.3) is 0 Å². The van der Waals surface area contributed by atoms with E-state index >= 15 is 0 Å². The fraction of sp³-hybridized carbons (Fsp3) is 0.286. The SMILES string of the molecule is CC(C)Cn1c(Br)nc2c(N)nc3ccccc3c21. The van der Waals surface area contributed by atoms with Gasteiger partial charge in [-0.2, -0.15) is 0 Å². The van der Waals surface area contributed by atoms with E-state index in [9.17, 15) is 0 Å². The van der Waals surface area contributed by atoms with Gasteiger partial charge in [0.1, 0.15) is 5.52 Å². The zero-order chi connectivity index (χ0) is 13.6. The quantitative estimate of drug-likeness (QED) is 0.785. The maximum Gasteiger partial charge on any atom is 0.178 e. The standard InChI is InChI=1S/C14H15BrN4/c1-8(2)7-19-12-9-5-3-4-6-10(9)17-13(16)11(12)18-14(19)15/h3-6,8H,7H2,1-2H3,(H2,16,17). The number of nitrogens with two attached hydrogens (primary N) is 1. The minimum Gasteiger partial charge on any atom is -0.382 e. The van der Waals surface area contributed by atoms with E-state index in [1.54, 1.807) is 0 Å². The van der Waals surface area contributed by atoms with Crippen molar-refractivity contribution in [3.63, 3.8) is 0 Å². The first-order valence-electron chi connectivity index (χ1n) is 6.28. The number of hydrogen-bond acceptors (Lipinski definition) is 3. The molecule has 0 saturated carbocycles. The van der Waals surface area contributed by atoms with Crippen molar-refractivity contribution in [2.24, 2.45) is 5.92 Å². The van der Waals surface area contributed by atoms with Gasteiger partial charge in [0.05, 0.1) is 11.0 Å². The minimum absolute atomic E-state index is 0.483. The molecule has 3 rings (SSSR count). The van der Waals surface area contributed by atoms with Gasteiger partial charge < -0.3 is 10.3 Å². The predicted octanol–water partition coefficient (Wildman–Crippen LogP) is 3.59. The molecule has 1 aromatic carbocycles. The zero-order valence-corrected chi connectivity index (χ0v) is 12.5. The summed E-state index contributed by atoms with van der Waals surface area (Å²) in [6, 6.07) is 8.03. The molecule has 2 heterocycles. The van der Waals surface area contributed by atoms with Crippen LogP contribution >= 0.6 is 15.9 Å². The van der Waals surface area contributed by atoms with E-state index in [2.05, 4.69) is 50.4 Å². The van der Waals surface area contributed by atoms with E-state index in [0.29, 0.717) is 11.7 Å². The van der Waals surface area contributed by atoms with Crippen LogP contribution < -0.4 is 5.73 Å². The van der Waals surface area contributed by atoms with E-state index in [1.807, 2.05) is 18.2 Å². The molecule has 0 unspecified atom stereocenters. The molecule has 4 nitrogen and oxygen atoms in total. The van der Waals surface area contributed by atoms with Gasteiger partial charge in [-0.05, 0) is 27.9 Å². The van der Waals surface area contributed by atoms with Gasteiger partial charge in [-0.15, -0.1) is 0 Å². The highest BCUT2D eigenvalue weighted by Crippen LogP contribution is 2.30. The average Bonchev–Trinajstić information content (AvgIpc) is 2.68. The third kappa shape index (κ3) is 1.98. The molecule has 0 amide bonds. The number of imidazole rings is 1. The molecule has 0 aliphatic heterocycles. The van der Waals surface area contributed by atoms with Crippen LogP contribution in [0.5, 0.6) is 0 Å². The molecule has 2 aromatic heterocycles. The van der Waals surface area contributed by atoms with Crippen LogP contribution in [0.15, 0.2) is 29.0 Å². The molecule has 3 aromatic rings. The minimum atomic E-state index is 0.483. The Morgan fingerprint density at radius 2 is 2.00 bits per heavy atom. The smallest absolute Gasteiger partial charge is 0.178 e. The topological polar surface area (TPSA) is 56.7 Å². The van der Waals surface area contributed by atoms with Gasteiger partial charge in [0.15, 0.2) is 10.6 Å². The van der Waals surface area contributed by atoms with Crippen molar-refractivity contribution < 1.29 is 0 Å². The first kappa shape index (κ1) is 12.4. The van der Waals surface area contributed by atoms with Crippen LogP contribution in [0.25, 0.3) is 21.9 Å². The first-order valence-corrected chi connectivity index (χ1v) is 7.07. The van der Waals surface area contributed by atoms with Gasteiger partial charge in [-0.3, -0.25) is 0 Å². The second-order valence-corrected chi connectivity index (χ2v) is 5.81. The summed E-state index contributed by atoms with van der Waals surface area (Å²) in [5.74, 6) is 1.01. The summed E-state index contributed by atoms with van der Waals surface area (Å²) >= 11 is 3.53. The van der Waals surface area contributed by atoms with E-state index in [0.717, 1.165) is 33.2 Å². The summed E-state index contributed by atoms with van der Waals surface area (Å²) in [4.78, 5) is 8.93. The number of nitrogens with zero attached hydrogens (tertiary/aromatic N) is 3. The fourth-order valence-corrected chi connectivity index (χ4v) is 2.86. The van der Waals surface area contributed by atoms with Crippen molar-refractivity contribution >= 4 is 43.7 Å². The summed E-state index contributed by atoms with van der Waals surface area (Å²) in [6.45, 7) is 5.26. The summed E-state index contributed by atoms with van der Waals surface area (Å²) in [5, 5.41) is 1.09. The molecule has 98 valence electrons. The van der Waals surface area contributed by atoms with Crippen LogP contribution in [-0.2, 0) is 6.54 Å². The summed E-state index contributed by atoms with van der Waals surface area (Å²) in [7, 11) is 0. The van der Waals surface area contributed by atoms with Gasteiger partial charge in [-0.25, -0.2) is 9.97 Å². The van der Waals surface area contributed by atoms with E-state index in [1.165, 1.54) is 0 Å². The van der Waals surface area contributed by atoms with Crippen molar-refractivity contribution in [2.45, 2.75) is 20.4 Å². The average molecular weight is 319 g/mol. The number of nitrogen functional groups attached to an aromatic ring is 1. The molecule has 5 heteroatoms. The van der Waals surface area contributed by atoms with Gasteiger partial charge >= 0.3 is 0 Å². The van der Waals surface area contributed by atoms with Crippen LogP contribution in [0.4, 0.5) is 5.82 Å². The van der Waals surface area contributed by atoms with Crippen molar-refractivity contribution in [2.75, 3.05) is 5.73 Å². The first-order chi connectivity index (χ1) is 9.08. The number of aromatic nitrogens is 3. The Labute approximate surface area is 119 Å². The Kier molecular flexibility index (Phi) is 2.93. The van der Waals surface area contributed by atoms with Crippen molar-refractivity contribution in [3.8, 4) is 0 Å². The Morgan fingerprint density at radius 1 is 1.26 bits per heavy atom. The number of para-hydroxylation sites is 1. The number of hydrogen-bond donors (Lipinski definition) is 1. The molecule has 0 fully saturated rings. The lowest BCUT2D eigenvalue weighted by molar-refractivity contribution is 0.526. The van der Waals surface area contributed by atoms with Gasteiger partial charge in [-0.1, -0.05) is 32.0 Å². The lowest BCUT2D eigenvalue weighted by Crippen LogP contribution is -2.05. The van der Waals surface area contributed by atoms with Crippen LogP contribution in [-0.4, -0.2) is 14.5 Å². The summed E-state index contributed by atoms with van der Waals surface area (Å²) in [6.07, 6.45) is 0. The van der Waals surface area contributed by atoms with E-state index < -0.39 is 0 Å². The highest BCUT2D eigenvalue weighted by molar-refractivity contribution is 9.10. The van der Waals surface area contributed by atoms with Gasteiger partial charge in [0, 0.05) is 11.9 Å². The Hall–Kier alpha value is -1.62. The third-order valence-corrected chi connectivity index (χ3v) is 3.72. The fourth-order valence-electron chi connectivity index (χ4n) is 2.36.